The van der Waals surface area contributed by atoms with Crippen LogP contribution in [0.25, 0.3) is 0 Å². The molecule has 0 saturated heterocycles. The minimum absolute atomic E-state index is 0.569. The molecular formula is C25H21N5. The summed E-state index contributed by atoms with van der Waals surface area (Å²) >= 11 is 0. The molecule has 0 aliphatic heterocycles. The highest BCUT2D eigenvalue weighted by Gasteiger charge is 2.15. The Labute approximate surface area is 176 Å². The van der Waals surface area contributed by atoms with Crippen LogP contribution >= 0.6 is 0 Å². The second kappa shape index (κ2) is 8.89. The molecule has 0 aliphatic carbocycles. The smallest absolute Gasteiger partial charge is 0.232 e. The van der Waals surface area contributed by atoms with Gasteiger partial charge < -0.3 is 10.2 Å². The molecule has 1 aromatic heterocycles. The highest BCUT2D eigenvalue weighted by atomic mass is 15.3. The number of aromatic nitrogens is 2. The lowest BCUT2D eigenvalue weighted by atomic mass is 10.2. The summed E-state index contributed by atoms with van der Waals surface area (Å²) in [6.07, 6.45) is 0. The van der Waals surface area contributed by atoms with E-state index >= 15 is 0 Å². The van der Waals surface area contributed by atoms with Crippen LogP contribution in [0.4, 0.5) is 23.1 Å². The number of para-hydroxylation sites is 2. The summed E-state index contributed by atoms with van der Waals surface area (Å²) in [6, 6.07) is 31.8. The summed E-state index contributed by atoms with van der Waals surface area (Å²) < 4.78 is 0. The van der Waals surface area contributed by atoms with Gasteiger partial charge in [-0.15, -0.1) is 0 Å². The molecule has 1 heterocycles. The topological polar surface area (TPSA) is 64.8 Å². The molecule has 0 atom stereocenters. The van der Waals surface area contributed by atoms with Gasteiger partial charge in [0.1, 0.15) is 11.9 Å². The molecule has 4 rings (SSSR count). The van der Waals surface area contributed by atoms with Gasteiger partial charge in [0.05, 0.1) is 17.8 Å². The Balaban J connectivity index is 1.73. The highest BCUT2D eigenvalue weighted by molar-refractivity contribution is 5.66. The normalized spacial score (nSPS) is 10.3. The number of anilines is 4. The van der Waals surface area contributed by atoms with Crippen LogP contribution in [0.15, 0.2) is 91.0 Å². The zero-order valence-electron chi connectivity index (χ0n) is 16.7. The first kappa shape index (κ1) is 19.2. The Morgan fingerprint density at radius 1 is 0.867 bits per heavy atom. The zero-order valence-corrected chi connectivity index (χ0v) is 16.7. The van der Waals surface area contributed by atoms with Crippen LogP contribution in [-0.2, 0) is 6.54 Å². The van der Waals surface area contributed by atoms with Crippen LogP contribution in [0.5, 0.6) is 0 Å². The third-order valence-corrected chi connectivity index (χ3v) is 4.65. The summed E-state index contributed by atoms with van der Waals surface area (Å²) in [6.45, 7) is 2.58. The maximum Gasteiger partial charge on any atom is 0.232 e. The van der Waals surface area contributed by atoms with E-state index in [1.54, 1.807) is 6.07 Å². The van der Waals surface area contributed by atoms with Crippen molar-refractivity contribution < 1.29 is 0 Å². The van der Waals surface area contributed by atoms with Gasteiger partial charge in [-0.1, -0.05) is 60.7 Å². The van der Waals surface area contributed by atoms with Crippen molar-refractivity contribution in [3.63, 3.8) is 0 Å². The summed E-state index contributed by atoms with van der Waals surface area (Å²) in [5.74, 6) is 1.25. The van der Waals surface area contributed by atoms with Crippen molar-refractivity contribution in [2.45, 2.75) is 13.5 Å². The van der Waals surface area contributed by atoms with E-state index in [0.717, 1.165) is 22.6 Å². The molecule has 5 heteroatoms. The molecule has 0 amide bonds. The van der Waals surface area contributed by atoms with E-state index < -0.39 is 0 Å². The van der Waals surface area contributed by atoms with Gasteiger partial charge in [-0.2, -0.15) is 10.2 Å². The summed E-state index contributed by atoms with van der Waals surface area (Å²) in [5.41, 5.74) is 4.30. The van der Waals surface area contributed by atoms with E-state index in [0.29, 0.717) is 23.9 Å². The van der Waals surface area contributed by atoms with Crippen LogP contribution in [-0.4, -0.2) is 9.97 Å². The minimum Gasteiger partial charge on any atom is -0.339 e. The number of benzene rings is 3. The van der Waals surface area contributed by atoms with Crippen molar-refractivity contribution in [2.75, 3.05) is 10.2 Å². The van der Waals surface area contributed by atoms with Crippen molar-refractivity contribution in [1.29, 1.82) is 5.26 Å². The maximum absolute atomic E-state index is 9.38. The largest absolute Gasteiger partial charge is 0.339 e. The van der Waals surface area contributed by atoms with Crippen molar-refractivity contribution in [3.8, 4) is 6.07 Å². The Morgan fingerprint density at radius 3 is 2.27 bits per heavy atom. The first-order valence-electron chi connectivity index (χ1n) is 9.71. The third-order valence-electron chi connectivity index (χ3n) is 4.65. The monoisotopic (exact) mass is 391 g/mol. The first-order chi connectivity index (χ1) is 14.7. The van der Waals surface area contributed by atoms with Crippen molar-refractivity contribution in [1.82, 2.24) is 9.97 Å². The second-order valence-corrected chi connectivity index (χ2v) is 6.88. The molecule has 0 radical (unpaired) electrons. The maximum atomic E-state index is 9.38. The van der Waals surface area contributed by atoms with Gasteiger partial charge in [-0.05, 0) is 36.8 Å². The molecule has 0 unspecified atom stereocenters. The zero-order chi connectivity index (χ0) is 20.8. The molecule has 30 heavy (non-hydrogen) atoms. The number of nitrogens with zero attached hydrogens (tertiary/aromatic N) is 4. The predicted molar refractivity (Wildman–Crippen MR) is 120 cm³/mol. The van der Waals surface area contributed by atoms with Gasteiger partial charge in [-0.3, -0.25) is 0 Å². The van der Waals surface area contributed by atoms with Gasteiger partial charge in [0.2, 0.25) is 5.95 Å². The average Bonchev–Trinajstić information content (AvgIpc) is 2.79. The van der Waals surface area contributed by atoms with Crippen LogP contribution in [0.2, 0.25) is 0 Å². The van der Waals surface area contributed by atoms with Crippen LogP contribution < -0.4 is 10.2 Å². The fraction of sp³-hybridized carbons (Fsp3) is 0.0800. The average molecular weight is 391 g/mol. The van der Waals surface area contributed by atoms with Crippen molar-refractivity contribution >= 4 is 23.1 Å². The molecule has 0 saturated carbocycles. The van der Waals surface area contributed by atoms with Crippen molar-refractivity contribution in [2.24, 2.45) is 0 Å². The van der Waals surface area contributed by atoms with Gasteiger partial charge in [0, 0.05) is 17.4 Å². The SMILES string of the molecule is Cc1cc(Nc2ccccc2C#N)nc(N(Cc2ccccc2)c2ccccc2)n1. The first-order valence-corrected chi connectivity index (χ1v) is 9.71. The predicted octanol–water partition coefficient (Wildman–Crippen LogP) is 5.74. The number of aryl methyl sites for hydroxylation is 1. The van der Waals surface area contributed by atoms with Gasteiger partial charge in [0.15, 0.2) is 0 Å². The van der Waals surface area contributed by atoms with Crippen LogP contribution in [0.3, 0.4) is 0 Å². The van der Waals surface area contributed by atoms with E-state index in [1.165, 1.54) is 0 Å². The molecule has 146 valence electrons. The molecular weight excluding hydrogens is 370 g/mol. The van der Waals surface area contributed by atoms with E-state index in [4.69, 9.17) is 9.97 Å². The Hall–Kier alpha value is -4.17. The Morgan fingerprint density at radius 2 is 1.53 bits per heavy atom. The molecule has 0 aliphatic rings. The third kappa shape index (κ3) is 4.45. The van der Waals surface area contributed by atoms with Gasteiger partial charge in [-0.25, -0.2) is 4.98 Å². The number of nitrogens with one attached hydrogen (secondary N) is 1. The molecule has 0 bridgehead atoms. The second-order valence-electron chi connectivity index (χ2n) is 6.88. The number of rotatable bonds is 6. The highest BCUT2D eigenvalue weighted by Crippen LogP contribution is 2.27. The Kier molecular flexibility index (Phi) is 5.68. The lowest BCUT2D eigenvalue weighted by Crippen LogP contribution is -2.20. The summed E-state index contributed by atoms with van der Waals surface area (Å²) in [5, 5.41) is 12.7. The molecule has 1 N–H and O–H groups in total. The number of nitriles is 1. The lowest BCUT2D eigenvalue weighted by molar-refractivity contribution is 0.904. The molecule has 0 spiro atoms. The van der Waals surface area contributed by atoms with E-state index in [9.17, 15) is 5.26 Å². The molecule has 4 aromatic rings. The molecule has 3 aromatic carbocycles. The number of hydrogen-bond acceptors (Lipinski definition) is 5. The fourth-order valence-electron chi connectivity index (χ4n) is 3.22. The summed E-state index contributed by atoms with van der Waals surface area (Å²) in [4.78, 5) is 11.6. The molecule has 0 fully saturated rings. The quantitative estimate of drug-likeness (QED) is 0.454. The minimum atomic E-state index is 0.569. The van der Waals surface area contributed by atoms with E-state index in [1.807, 2.05) is 79.7 Å². The van der Waals surface area contributed by atoms with Gasteiger partial charge in [0.25, 0.3) is 0 Å². The van der Waals surface area contributed by atoms with Crippen LogP contribution in [0.1, 0.15) is 16.8 Å². The van der Waals surface area contributed by atoms with Crippen LogP contribution in [0, 0.1) is 18.3 Å². The standard InChI is InChI=1S/C25H21N5/c1-19-16-24(28-23-15-9-8-12-21(23)17-26)29-25(27-19)30(22-13-6-3-7-14-22)18-20-10-4-2-5-11-20/h2-16H,18H2,1H3,(H,27,28,29). The number of hydrogen-bond donors (Lipinski definition) is 1. The van der Waals surface area contributed by atoms with E-state index in [2.05, 4.69) is 28.4 Å². The van der Waals surface area contributed by atoms with Crippen molar-refractivity contribution in [3.05, 3.63) is 108 Å². The fourth-order valence-corrected chi connectivity index (χ4v) is 3.22. The summed E-state index contributed by atoms with van der Waals surface area (Å²) in [7, 11) is 0. The van der Waals surface area contributed by atoms with Gasteiger partial charge >= 0.3 is 0 Å². The van der Waals surface area contributed by atoms with E-state index in [-0.39, 0.29) is 0 Å². The Bertz CT molecular complexity index is 1170. The molecule has 5 nitrogen and oxygen atoms in total. The lowest BCUT2D eigenvalue weighted by Gasteiger charge is -2.24.